The molecule has 0 bridgehead atoms. The van der Waals surface area contributed by atoms with Crippen LogP contribution in [0.15, 0.2) is 0 Å². The molecule has 1 rings (SSSR count). The van der Waals surface area contributed by atoms with E-state index in [1.807, 2.05) is 25.8 Å². The van der Waals surface area contributed by atoms with Crippen molar-refractivity contribution in [2.24, 2.45) is 0 Å². The molecule has 15 heavy (non-hydrogen) atoms. The molecule has 4 nitrogen and oxygen atoms in total. The highest BCUT2D eigenvalue weighted by molar-refractivity contribution is 5.85. The van der Waals surface area contributed by atoms with Crippen molar-refractivity contribution in [2.45, 2.75) is 38.8 Å². The van der Waals surface area contributed by atoms with Crippen LogP contribution in [0.5, 0.6) is 0 Å². The number of hydrogen-bond acceptors (Lipinski definition) is 2. The van der Waals surface area contributed by atoms with Gasteiger partial charge in [0.05, 0.1) is 0 Å². The van der Waals surface area contributed by atoms with E-state index in [0.29, 0.717) is 6.04 Å². The summed E-state index contributed by atoms with van der Waals surface area (Å²) in [6.07, 6.45) is 2.26. The fourth-order valence-corrected chi connectivity index (χ4v) is 1.68. The van der Waals surface area contributed by atoms with Gasteiger partial charge in [0.25, 0.3) is 0 Å². The summed E-state index contributed by atoms with van der Waals surface area (Å²) in [6.45, 7) is 5.95. The molecule has 1 unspecified atom stereocenters. The smallest absolute Gasteiger partial charge is 0.317 e. The van der Waals surface area contributed by atoms with Crippen molar-refractivity contribution in [2.75, 3.05) is 20.1 Å². The molecule has 0 aromatic carbocycles. The minimum Gasteiger partial charge on any atom is -0.336 e. The first kappa shape index (κ1) is 14.5. The molecule has 0 aromatic rings. The van der Waals surface area contributed by atoms with E-state index in [9.17, 15) is 4.79 Å². The molecular formula is C10H22ClN3O. The quantitative estimate of drug-likeness (QED) is 0.756. The maximum absolute atomic E-state index is 11.6. The minimum absolute atomic E-state index is 0. The Hall–Kier alpha value is -0.480. The number of rotatable bonds is 2. The van der Waals surface area contributed by atoms with Gasteiger partial charge in [0.15, 0.2) is 0 Å². The normalized spacial score (nSPS) is 20.7. The number of amides is 2. The Morgan fingerprint density at radius 3 is 2.67 bits per heavy atom. The summed E-state index contributed by atoms with van der Waals surface area (Å²) in [5.41, 5.74) is 0. The summed E-state index contributed by atoms with van der Waals surface area (Å²) in [7, 11) is 1.87. The van der Waals surface area contributed by atoms with Gasteiger partial charge < -0.3 is 15.5 Å². The van der Waals surface area contributed by atoms with Gasteiger partial charge in [-0.15, -0.1) is 12.4 Å². The average molecular weight is 236 g/mol. The van der Waals surface area contributed by atoms with Gasteiger partial charge in [0.2, 0.25) is 0 Å². The molecular weight excluding hydrogens is 214 g/mol. The zero-order chi connectivity index (χ0) is 10.6. The van der Waals surface area contributed by atoms with Crippen molar-refractivity contribution in [3.63, 3.8) is 0 Å². The van der Waals surface area contributed by atoms with Gasteiger partial charge in [0.1, 0.15) is 0 Å². The molecule has 2 N–H and O–H groups in total. The molecule has 5 heteroatoms. The summed E-state index contributed by atoms with van der Waals surface area (Å²) in [6, 6.07) is 0.595. The van der Waals surface area contributed by atoms with E-state index in [0.717, 1.165) is 25.9 Å². The molecule has 2 amide bonds. The van der Waals surface area contributed by atoms with Gasteiger partial charge in [-0.2, -0.15) is 0 Å². The molecule has 1 fully saturated rings. The molecule has 1 aliphatic heterocycles. The summed E-state index contributed by atoms with van der Waals surface area (Å²) in [4.78, 5) is 13.5. The van der Waals surface area contributed by atoms with Crippen LogP contribution in [0.1, 0.15) is 26.7 Å². The molecule has 1 aliphatic rings. The molecule has 1 saturated heterocycles. The minimum atomic E-state index is 0. The van der Waals surface area contributed by atoms with Crippen molar-refractivity contribution in [3.8, 4) is 0 Å². The van der Waals surface area contributed by atoms with Gasteiger partial charge in [-0.3, -0.25) is 0 Å². The Labute approximate surface area is 98.2 Å². The molecule has 1 atom stereocenters. The van der Waals surface area contributed by atoms with Gasteiger partial charge in [-0.25, -0.2) is 4.79 Å². The second kappa shape index (κ2) is 6.90. The number of nitrogens with zero attached hydrogens (tertiary/aromatic N) is 1. The van der Waals surface area contributed by atoms with E-state index in [-0.39, 0.29) is 24.5 Å². The maximum Gasteiger partial charge on any atom is 0.317 e. The first-order chi connectivity index (χ1) is 6.61. The lowest BCUT2D eigenvalue weighted by Gasteiger charge is -2.32. The zero-order valence-corrected chi connectivity index (χ0v) is 10.6. The Morgan fingerprint density at radius 1 is 1.53 bits per heavy atom. The largest absolute Gasteiger partial charge is 0.336 e. The number of nitrogens with one attached hydrogen (secondary N) is 2. The van der Waals surface area contributed by atoms with Gasteiger partial charge in [-0.1, -0.05) is 0 Å². The third-order valence-electron chi connectivity index (χ3n) is 2.55. The van der Waals surface area contributed by atoms with Crippen LogP contribution in [0, 0.1) is 0 Å². The van der Waals surface area contributed by atoms with E-state index in [1.54, 1.807) is 0 Å². The van der Waals surface area contributed by atoms with E-state index in [2.05, 4.69) is 10.6 Å². The first-order valence-electron chi connectivity index (χ1n) is 5.35. The van der Waals surface area contributed by atoms with Crippen LogP contribution in [0.25, 0.3) is 0 Å². The lowest BCUT2D eigenvalue weighted by atomic mass is 10.1. The molecule has 90 valence electrons. The van der Waals surface area contributed by atoms with E-state index >= 15 is 0 Å². The van der Waals surface area contributed by atoms with Gasteiger partial charge in [-0.05, 0) is 33.2 Å². The number of carbonyl (C=O) groups is 1. The van der Waals surface area contributed by atoms with Crippen LogP contribution >= 0.6 is 12.4 Å². The van der Waals surface area contributed by atoms with Crippen molar-refractivity contribution < 1.29 is 4.79 Å². The molecule has 0 spiro atoms. The topological polar surface area (TPSA) is 44.4 Å². The van der Waals surface area contributed by atoms with Crippen LogP contribution in [-0.4, -0.2) is 43.2 Å². The summed E-state index contributed by atoms with van der Waals surface area (Å²) >= 11 is 0. The zero-order valence-electron chi connectivity index (χ0n) is 9.75. The van der Waals surface area contributed by atoms with Crippen LogP contribution in [-0.2, 0) is 0 Å². The predicted octanol–water partition coefficient (Wildman–Crippen LogP) is 1.21. The van der Waals surface area contributed by atoms with Gasteiger partial charge >= 0.3 is 6.03 Å². The van der Waals surface area contributed by atoms with E-state index < -0.39 is 0 Å². The second-order valence-corrected chi connectivity index (χ2v) is 4.22. The highest BCUT2D eigenvalue weighted by Crippen LogP contribution is 2.08. The van der Waals surface area contributed by atoms with E-state index in [1.165, 1.54) is 0 Å². The fraction of sp³-hybridized carbons (Fsp3) is 0.900. The Kier molecular flexibility index (Phi) is 6.68. The number of piperidine rings is 1. The van der Waals surface area contributed by atoms with Crippen LogP contribution < -0.4 is 10.6 Å². The third kappa shape index (κ3) is 4.71. The monoisotopic (exact) mass is 235 g/mol. The number of urea groups is 1. The molecule has 0 aromatic heterocycles. The molecule has 0 aliphatic carbocycles. The van der Waals surface area contributed by atoms with Crippen LogP contribution in [0.2, 0.25) is 0 Å². The lowest BCUT2D eigenvalue weighted by molar-refractivity contribution is 0.176. The number of likely N-dealkylation sites (N-methyl/N-ethyl adjacent to an activating group) is 1. The molecule has 1 heterocycles. The summed E-state index contributed by atoms with van der Waals surface area (Å²) in [5.74, 6) is 0. The summed E-state index contributed by atoms with van der Waals surface area (Å²) in [5, 5.41) is 6.20. The standard InChI is InChI=1S/C10H21N3O.ClH/c1-8(2)12-10(14)13(3)9-5-4-6-11-7-9;/h8-9,11H,4-7H2,1-3H3,(H,12,14);1H. The van der Waals surface area contributed by atoms with Crippen molar-refractivity contribution in [1.82, 2.24) is 15.5 Å². The molecule has 0 saturated carbocycles. The third-order valence-corrected chi connectivity index (χ3v) is 2.55. The average Bonchev–Trinajstić information content (AvgIpc) is 2.17. The Morgan fingerprint density at radius 2 is 2.20 bits per heavy atom. The lowest BCUT2D eigenvalue weighted by Crippen LogP contribution is -2.51. The first-order valence-corrected chi connectivity index (χ1v) is 5.35. The van der Waals surface area contributed by atoms with Crippen molar-refractivity contribution in [1.29, 1.82) is 0 Å². The van der Waals surface area contributed by atoms with Crippen LogP contribution in [0.3, 0.4) is 0 Å². The number of carbonyl (C=O) groups excluding carboxylic acids is 1. The van der Waals surface area contributed by atoms with E-state index in [4.69, 9.17) is 0 Å². The number of hydrogen-bond donors (Lipinski definition) is 2. The van der Waals surface area contributed by atoms with Crippen molar-refractivity contribution in [3.05, 3.63) is 0 Å². The van der Waals surface area contributed by atoms with Crippen LogP contribution in [0.4, 0.5) is 4.79 Å². The Bertz CT molecular complexity index is 193. The second-order valence-electron chi connectivity index (χ2n) is 4.22. The maximum atomic E-state index is 11.6. The molecule has 0 radical (unpaired) electrons. The highest BCUT2D eigenvalue weighted by Gasteiger charge is 2.21. The highest BCUT2D eigenvalue weighted by atomic mass is 35.5. The van der Waals surface area contributed by atoms with Gasteiger partial charge in [0, 0.05) is 25.7 Å². The predicted molar refractivity (Wildman–Crippen MR) is 64.6 cm³/mol. The number of halogens is 1. The SMILES string of the molecule is CC(C)NC(=O)N(C)C1CCCNC1.Cl. The fourth-order valence-electron chi connectivity index (χ4n) is 1.68. The Balaban J connectivity index is 0.00000196. The van der Waals surface area contributed by atoms with Crippen molar-refractivity contribution >= 4 is 18.4 Å². The summed E-state index contributed by atoms with van der Waals surface area (Å²) < 4.78 is 0.